The molecule has 26 heavy (non-hydrogen) atoms. The van der Waals surface area contributed by atoms with E-state index in [-0.39, 0.29) is 5.91 Å². The van der Waals surface area contributed by atoms with Crippen molar-refractivity contribution >= 4 is 11.9 Å². The zero-order chi connectivity index (χ0) is 18.0. The molecule has 0 bridgehead atoms. The molecule has 0 radical (unpaired) electrons. The van der Waals surface area contributed by atoms with Gasteiger partial charge in [0.2, 0.25) is 5.95 Å². The number of aryl methyl sites for hydroxylation is 1. The largest absolute Gasteiger partial charge is 0.467 e. The van der Waals surface area contributed by atoms with Gasteiger partial charge in [-0.25, -0.2) is 9.97 Å². The van der Waals surface area contributed by atoms with Crippen LogP contribution in [0.4, 0.5) is 5.95 Å². The Hall–Kier alpha value is -2.45. The number of carbonyl (C=O) groups excluding carboxylic acids is 1. The van der Waals surface area contributed by atoms with Gasteiger partial charge in [0.1, 0.15) is 11.5 Å². The Kier molecular flexibility index (Phi) is 4.60. The minimum absolute atomic E-state index is 0.246. The molecule has 1 N–H and O–H groups in total. The molecule has 0 aromatic carbocycles. The van der Waals surface area contributed by atoms with Crippen molar-refractivity contribution < 1.29 is 18.7 Å². The maximum atomic E-state index is 12.4. The maximum Gasteiger partial charge on any atom is 0.270 e. The first kappa shape index (κ1) is 17.0. The van der Waals surface area contributed by atoms with Gasteiger partial charge >= 0.3 is 0 Å². The molecule has 2 aromatic heterocycles. The summed E-state index contributed by atoms with van der Waals surface area (Å²) in [7, 11) is 0. The van der Waals surface area contributed by atoms with E-state index in [9.17, 15) is 4.79 Å². The third-order valence-electron chi connectivity index (χ3n) is 4.70. The summed E-state index contributed by atoms with van der Waals surface area (Å²) in [5, 5.41) is 2.82. The second kappa shape index (κ2) is 7.05. The SMILES string of the molecule is Cc1cc(C(=O)NCc2ccco2)nc(N2CCC3(CC2)OCCO3)n1. The lowest BCUT2D eigenvalue weighted by molar-refractivity contribution is -0.169. The number of aromatic nitrogens is 2. The number of hydrogen-bond acceptors (Lipinski definition) is 7. The van der Waals surface area contributed by atoms with Gasteiger partial charge < -0.3 is 24.1 Å². The number of hydrogen-bond donors (Lipinski definition) is 1. The zero-order valence-corrected chi connectivity index (χ0v) is 14.7. The van der Waals surface area contributed by atoms with Crippen LogP contribution in [0, 0.1) is 6.92 Å². The second-order valence-corrected chi connectivity index (χ2v) is 6.55. The first-order chi connectivity index (χ1) is 12.6. The van der Waals surface area contributed by atoms with Crippen molar-refractivity contribution in [1.29, 1.82) is 0 Å². The third kappa shape index (κ3) is 3.56. The fourth-order valence-corrected chi connectivity index (χ4v) is 3.31. The minimum atomic E-state index is -0.441. The van der Waals surface area contributed by atoms with E-state index < -0.39 is 5.79 Å². The summed E-state index contributed by atoms with van der Waals surface area (Å²) in [6.45, 7) is 4.96. The molecule has 0 aliphatic carbocycles. The molecular formula is C18H22N4O4. The smallest absolute Gasteiger partial charge is 0.270 e. The average Bonchev–Trinajstić information content (AvgIpc) is 3.32. The van der Waals surface area contributed by atoms with Gasteiger partial charge in [-0.1, -0.05) is 0 Å². The van der Waals surface area contributed by atoms with Gasteiger partial charge in [0.05, 0.1) is 26.0 Å². The molecule has 8 nitrogen and oxygen atoms in total. The second-order valence-electron chi connectivity index (χ2n) is 6.55. The first-order valence-electron chi connectivity index (χ1n) is 8.83. The lowest BCUT2D eigenvalue weighted by Gasteiger charge is -2.37. The highest BCUT2D eigenvalue weighted by Gasteiger charge is 2.40. The lowest BCUT2D eigenvalue weighted by Crippen LogP contribution is -2.45. The van der Waals surface area contributed by atoms with E-state index in [0.29, 0.717) is 37.2 Å². The molecule has 2 fully saturated rings. The number of furan rings is 1. The maximum absolute atomic E-state index is 12.4. The zero-order valence-electron chi connectivity index (χ0n) is 14.7. The Balaban J connectivity index is 1.43. The van der Waals surface area contributed by atoms with Crippen LogP contribution in [0.15, 0.2) is 28.9 Å². The molecule has 2 aliphatic heterocycles. The Morgan fingerprint density at radius 1 is 1.27 bits per heavy atom. The quantitative estimate of drug-likeness (QED) is 0.889. The van der Waals surface area contributed by atoms with Crippen molar-refractivity contribution in [2.45, 2.75) is 32.1 Å². The summed E-state index contributed by atoms with van der Waals surface area (Å²) in [4.78, 5) is 23.5. The van der Waals surface area contributed by atoms with Gasteiger partial charge in [-0.3, -0.25) is 4.79 Å². The summed E-state index contributed by atoms with van der Waals surface area (Å²) in [6, 6.07) is 5.29. The molecule has 0 saturated carbocycles. The van der Waals surface area contributed by atoms with E-state index in [1.165, 1.54) is 0 Å². The molecule has 1 amide bonds. The number of ether oxygens (including phenoxy) is 2. The molecule has 0 unspecified atom stereocenters. The Bertz CT molecular complexity index is 762. The summed E-state index contributed by atoms with van der Waals surface area (Å²) < 4.78 is 16.7. The number of amides is 1. The van der Waals surface area contributed by atoms with Crippen molar-refractivity contribution in [3.05, 3.63) is 41.6 Å². The van der Waals surface area contributed by atoms with Crippen LogP contribution in [0.2, 0.25) is 0 Å². The van der Waals surface area contributed by atoms with Crippen LogP contribution in [0.25, 0.3) is 0 Å². The summed E-state index contributed by atoms with van der Waals surface area (Å²) >= 11 is 0. The third-order valence-corrected chi connectivity index (χ3v) is 4.70. The van der Waals surface area contributed by atoms with Crippen molar-refractivity contribution in [3.8, 4) is 0 Å². The Morgan fingerprint density at radius 2 is 2.04 bits per heavy atom. The number of nitrogens with zero attached hydrogens (tertiary/aromatic N) is 3. The van der Waals surface area contributed by atoms with Gasteiger partial charge in [0.15, 0.2) is 5.79 Å². The summed E-state index contributed by atoms with van der Waals surface area (Å²) in [5.74, 6) is 0.580. The molecule has 4 heterocycles. The highest BCUT2D eigenvalue weighted by atomic mass is 16.7. The van der Waals surface area contributed by atoms with Crippen LogP contribution in [-0.4, -0.2) is 48.0 Å². The van der Waals surface area contributed by atoms with Crippen molar-refractivity contribution in [3.63, 3.8) is 0 Å². The molecule has 2 aromatic rings. The van der Waals surface area contributed by atoms with Crippen molar-refractivity contribution in [2.24, 2.45) is 0 Å². The Morgan fingerprint density at radius 3 is 2.73 bits per heavy atom. The Labute approximate surface area is 151 Å². The van der Waals surface area contributed by atoms with E-state index in [4.69, 9.17) is 13.9 Å². The molecule has 138 valence electrons. The van der Waals surface area contributed by atoms with E-state index in [1.807, 2.05) is 13.0 Å². The lowest BCUT2D eigenvalue weighted by atomic mass is 10.0. The number of nitrogens with one attached hydrogen (secondary N) is 1. The molecule has 8 heteroatoms. The highest BCUT2D eigenvalue weighted by Crippen LogP contribution is 2.32. The van der Waals surface area contributed by atoms with Crippen LogP contribution < -0.4 is 10.2 Å². The molecular weight excluding hydrogens is 336 g/mol. The van der Waals surface area contributed by atoms with Crippen molar-refractivity contribution in [2.75, 3.05) is 31.2 Å². The van der Waals surface area contributed by atoms with Gasteiger partial charge in [-0.05, 0) is 25.1 Å². The van der Waals surface area contributed by atoms with Gasteiger partial charge in [0.25, 0.3) is 5.91 Å². The topological polar surface area (TPSA) is 89.7 Å². The number of anilines is 1. The number of rotatable bonds is 4. The summed E-state index contributed by atoms with van der Waals surface area (Å²) in [5.41, 5.74) is 1.11. The molecule has 1 spiro atoms. The van der Waals surface area contributed by atoms with E-state index in [2.05, 4.69) is 20.2 Å². The predicted molar refractivity (Wildman–Crippen MR) is 92.7 cm³/mol. The van der Waals surface area contributed by atoms with Crippen LogP contribution in [0.3, 0.4) is 0 Å². The van der Waals surface area contributed by atoms with Crippen molar-refractivity contribution in [1.82, 2.24) is 15.3 Å². The van der Waals surface area contributed by atoms with Gasteiger partial charge in [-0.15, -0.1) is 0 Å². The van der Waals surface area contributed by atoms with Gasteiger partial charge in [-0.2, -0.15) is 0 Å². The minimum Gasteiger partial charge on any atom is -0.467 e. The first-order valence-corrected chi connectivity index (χ1v) is 8.83. The van der Waals surface area contributed by atoms with Gasteiger partial charge in [0, 0.05) is 31.6 Å². The average molecular weight is 358 g/mol. The van der Waals surface area contributed by atoms with Crippen LogP contribution in [-0.2, 0) is 16.0 Å². The van der Waals surface area contributed by atoms with Crippen LogP contribution in [0.5, 0.6) is 0 Å². The van der Waals surface area contributed by atoms with E-state index in [0.717, 1.165) is 31.6 Å². The van der Waals surface area contributed by atoms with E-state index >= 15 is 0 Å². The van der Waals surface area contributed by atoms with Crippen LogP contribution in [0.1, 0.15) is 34.8 Å². The fraction of sp³-hybridized carbons (Fsp3) is 0.500. The highest BCUT2D eigenvalue weighted by molar-refractivity contribution is 5.92. The molecule has 2 aliphatic rings. The molecule has 2 saturated heterocycles. The van der Waals surface area contributed by atoms with E-state index in [1.54, 1.807) is 18.4 Å². The predicted octanol–water partition coefficient (Wildman–Crippen LogP) is 1.65. The number of carbonyl (C=O) groups is 1. The van der Waals surface area contributed by atoms with Crippen LogP contribution >= 0.6 is 0 Å². The fourth-order valence-electron chi connectivity index (χ4n) is 3.31. The standard InChI is InChI=1S/C18H22N4O4/c1-13-11-15(16(23)19-12-14-3-2-8-24-14)21-17(20-13)22-6-4-18(5-7-22)25-9-10-26-18/h2-3,8,11H,4-7,9-10,12H2,1H3,(H,19,23). The normalized spacial score (nSPS) is 19.0. The number of piperidine rings is 1. The monoisotopic (exact) mass is 358 g/mol. The molecule has 4 rings (SSSR count). The molecule has 0 atom stereocenters. The summed E-state index contributed by atoms with van der Waals surface area (Å²) in [6.07, 6.45) is 3.12.